The van der Waals surface area contributed by atoms with Crippen molar-refractivity contribution in [3.63, 3.8) is 0 Å². The second kappa shape index (κ2) is 6.77. The number of hydrogen-bond donors (Lipinski definition) is 1. The van der Waals surface area contributed by atoms with Crippen LogP contribution in [0.25, 0.3) is 5.69 Å². The highest BCUT2D eigenvalue weighted by molar-refractivity contribution is 6.02. The summed E-state index contributed by atoms with van der Waals surface area (Å²) in [6, 6.07) is 15.9. The van der Waals surface area contributed by atoms with E-state index in [2.05, 4.69) is 34.5 Å². The van der Waals surface area contributed by atoms with E-state index in [1.54, 1.807) is 16.9 Å². The molecule has 2 heterocycles. The molecule has 2 aromatic carbocycles. The lowest BCUT2D eigenvalue weighted by Gasteiger charge is -2.25. The number of aryl methyl sites for hydroxylation is 1. The molecular formula is C21H22N4O. The fourth-order valence-electron chi connectivity index (χ4n) is 3.26. The Kier molecular flexibility index (Phi) is 4.31. The molecule has 0 radical (unpaired) electrons. The summed E-state index contributed by atoms with van der Waals surface area (Å²) in [5.74, 6) is -0.194. The van der Waals surface area contributed by atoms with Crippen LogP contribution in [0, 0.1) is 6.92 Å². The van der Waals surface area contributed by atoms with Gasteiger partial charge in [-0.25, -0.2) is 4.68 Å². The number of benzene rings is 2. The molecule has 1 amide bonds. The van der Waals surface area contributed by atoms with E-state index in [9.17, 15) is 4.79 Å². The van der Waals surface area contributed by atoms with Gasteiger partial charge in [0.15, 0.2) is 5.69 Å². The summed E-state index contributed by atoms with van der Waals surface area (Å²) < 4.78 is 1.72. The topological polar surface area (TPSA) is 50.2 Å². The fourth-order valence-corrected chi connectivity index (χ4v) is 3.26. The van der Waals surface area contributed by atoms with Crippen LogP contribution in [0.5, 0.6) is 0 Å². The largest absolute Gasteiger partial charge is 0.321 e. The number of amides is 1. The van der Waals surface area contributed by atoms with Gasteiger partial charge in [-0.3, -0.25) is 4.79 Å². The minimum Gasteiger partial charge on any atom is -0.321 e. The van der Waals surface area contributed by atoms with Crippen molar-refractivity contribution in [1.82, 2.24) is 14.7 Å². The first-order valence-electron chi connectivity index (χ1n) is 8.83. The maximum absolute atomic E-state index is 12.5. The zero-order chi connectivity index (χ0) is 18.1. The molecule has 132 valence electrons. The summed E-state index contributed by atoms with van der Waals surface area (Å²) >= 11 is 0. The van der Waals surface area contributed by atoms with Crippen molar-refractivity contribution >= 4 is 11.6 Å². The van der Waals surface area contributed by atoms with Gasteiger partial charge in [-0.1, -0.05) is 23.8 Å². The smallest absolute Gasteiger partial charge is 0.276 e. The van der Waals surface area contributed by atoms with E-state index < -0.39 is 0 Å². The molecule has 26 heavy (non-hydrogen) atoms. The van der Waals surface area contributed by atoms with E-state index in [0.29, 0.717) is 5.69 Å². The molecule has 1 aromatic heterocycles. The van der Waals surface area contributed by atoms with Gasteiger partial charge in [0.25, 0.3) is 5.91 Å². The third kappa shape index (κ3) is 3.39. The van der Waals surface area contributed by atoms with Crippen molar-refractivity contribution in [3.05, 3.63) is 77.1 Å². The minimum atomic E-state index is -0.194. The van der Waals surface area contributed by atoms with Gasteiger partial charge in [0.05, 0.1) is 5.69 Å². The van der Waals surface area contributed by atoms with Gasteiger partial charge in [-0.15, -0.1) is 0 Å². The first kappa shape index (κ1) is 16.5. The van der Waals surface area contributed by atoms with Crippen molar-refractivity contribution in [2.24, 2.45) is 0 Å². The number of nitrogens with zero attached hydrogens (tertiary/aromatic N) is 3. The van der Waals surface area contributed by atoms with Gasteiger partial charge >= 0.3 is 0 Å². The van der Waals surface area contributed by atoms with Crippen molar-refractivity contribution in [2.45, 2.75) is 19.9 Å². The number of hydrogen-bond acceptors (Lipinski definition) is 3. The van der Waals surface area contributed by atoms with E-state index >= 15 is 0 Å². The molecule has 0 atom stereocenters. The van der Waals surface area contributed by atoms with Gasteiger partial charge in [0, 0.05) is 25.0 Å². The van der Waals surface area contributed by atoms with Crippen LogP contribution in [0.15, 0.2) is 54.7 Å². The number of fused-ring (bicyclic) bond motifs is 1. The third-order valence-corrected chi connectivity index (χ3v) is 4.79. The average Bonchev–Trinajstić information content (AvgIpc) is 3.12. The van der Waals surface area contributed by atoms with Crippen LogP contribution in [0.1, 0.15) is 27.2 Å². The molecule has 0 spiro atoms. The number of likely N-dealkylation sites (N-methyl/N-ethyl adjacent to an activating group) is 1. The SMILES string of the molecule is Cc1ccc(-n2ccc(C(=O)Nc3ccc4c(c3)CN(C)CC4)n2)cc1. The van der Waals surface area contributed by atoms with Crippen molar-refractivity contribution < 1.29 is 4.79 Å². The molecule has 1 aliphatic rings. The van der Waals surface area contributed by atoms with Crippen LogP contribution in [-0.2, 0) is 13.0 Å². The number of rotatable bonds is 3. The highest BCUT2D eigenvalue weighted by Crippen LogP contribution is 2.22. The number of aromatic nitrogens is 2. The Hall–Kier alpha value is -2.92. The normalized spacial score (nSPS) is 14.1. The Balaban J connectivity index is 1.50. The molecule has 5 nitrogen and oxygen atoms in total. The maximum atomic E-state index is 12.5. The molecule has 3 aromatic rings. The summed E-state index contributed by atoms with van der Waals surface area (Å²) in [5.41, 5.74) is 5.99. The lowest BCUT2D eigenvalue weighted by molar-refractivity contribution is 0.102. The number of carbonyl (C=O) groups excluding carboxylic acids is 1. The van der Waals surface area contributed by atoms with Gasteiger partial charge in [-0.2, -0.15) is 5.10 Å². The van der Waals surface area contributed by atoms with E-state index in [1.165, 1.54) is 16.7 Å². The first-order chi connectivity index (χ1) is 12.6. The Morgan fingerprint density at radius 1 is 1.08 bits per heavy atom. The van der Waals surface area contributed by atoms with E-state index in [4.69, 9.17) is 0 Å². The molecular weight excluding hydrogens is 324 g/mol. The highest BCUT2D eigenvalue weighted by Gasteiger charge is 2.15. The average molecular weight is 346 g/mol. The Bertz CT molecular complexity index is 943. The monoisotopic (exact) mass is 346 g/mol. The Morgan fingerprint density at radius 3 is 2.69 bits per heavy atom. The van der Waals surface area contributed by atoms with Crippen LogP contribution in [-0.4, -0.2) is 34.2 Å². The first-order valence-corrected chi connectivity index (χ1v) is 8.83. The molecule has 5 heteroatoms. The van der Waals surface area contributed by atoms with Gasteiger partial charge < -0.3 is 10.2 Å². The van der Waals surface area contributed by atoms with Crippen LogP contribution < -0.4 is 5.32 Å². The Labute approximate surface area is 153 Å². The zero-order valence-corrected chi connectivity index (χ0v) is 15.1. The van der Waals surface area contributed by atoms with Crippen LogP contribution >= 0.6 is 0 Å². The summed E-state index contributed by atoms with van der Waals surface area (Å²) in [7, 11) is 2.12. The molecule has 0 bridgehead atoms. The molecule has 0 saturated carbocycles. The van der Waals surface area contributed by atoms with Crippen molar-refractivity contribution in [2.75, 3.05) is 18.9 Å². The van der Waals surface area contributed by atoms with Crippen molar-refractivity contribution in [1.29, 1.82) is 0 Å². The predicted molar refractivity (Wildman–Crippen MR) is 103 cm³/mol. The van der Waals surface area contributed by atoms with E-state index in [1.807, 2.05) is 37.3 Å². The van der Waals surface area contributed by atoms with Crippen LogP contribution in [0.2, 0.25) is 0 Å². The maximum Gasteiger partial charge on any atom is 0.276 e. The molecule has 1 aliphatic heterocycles. The molecule has 4 rings (SSSR count). The lowest BCUT2D eigenvalue weighted by atomic mass is 9.99. The quantitative estimate of drug-likeness (QED) is 0.790. The summed E-state index contributed by atoms with van der Waals surface area (Å²) in [4.78, 5) is 14.8. The molecule has 0 fully saturated rings. The predicted octanol–water partition coefficient (Wildman–Crippen LogP) is 3.42. The Morgan fingerprint density at radius 2 is 1.88 bits per heavy atom. The summed E-state index contributed by atoms with van der Waals surface area (Å²) in [5, 5.41) is 7.37. The molecule has 0 saturated heterocycles. The minimum absolute atomic E-state index is 0.194. The van der Waals surface area contributed by atoms with E-state index in [0.717, 1.165) is 30.9 Å². The number of nitrogens with one attached hydrogen (secondary N) is 1. The highest BCUT2D eigenvalue weighted by atomic mass is 16.1. The number of carbonyl (C=O) groups is 1. The van der Waals surface area contributed by atoms with Gasteiger partial charge in [-0.05, 0) is 61.9 Å². The van der Waals surface area contributed by atoms with Gasteiger partial charge in [0.1, 0.15) is 0 Å². The summed E-state index contributed by atoms with van der Waals surface area (Å²) in [6.45, 7) is 4.04. The lowest BCUT2D eigenvalue weighted by Crippen LogP contribution is -2.26. The van der Waals surface area contributed by atoms with Gasteiger partial charge in [0.2, 0.25) is 0 Å². The second-order valence-electron chi connectivity index (χ2n) is 6.91. The van der Waals surface area contributed by atoms with Crippen LogP contribution in [0.3, 0.4) is 0 Å². The fraction of sp³-hybridized carbons (Fsp3) is 0.238. The van der Waals surface area contributed by atoms with Crippen LogP contribution in [0.4, 0.5) is 5.69 Å². The molecule has 0 aliphatic carbocycles. The molecule has 0 unspecified atom stereocenters. The standard InChI is InChI=1S/C21H22N4O/c1-15-3-7-19(8-4-15)25-12-10-20(23-25)21(26)22-18-6-5-16-9-11-24(2)14-17(16)13-18/h3-8,10,12-13H,9,11,14H2,1-2H3,(H,22,26). The summed E-state index contributed by atoms with van der Waals surface area (Å²) in [6.07, 6.45) is 2.86. The molecule has 1 N–H and O–H groups in total. The third-order valence-electron chi connectivity index (χ3n) is 4.79. The number of anilines is 1. The van der Waals surface area contributed by atoms with E-state index in [-0.39, 0.29) is 5.91 Å². The second-order valence-corrected chi connectivity index (χ2v) is 6.91. The zero-order valence-electron chi connectivity index (χ0n) is 15.1. The van der Waals surface area contributed by atoms with Crippen molar-refractivity contribution in [3.8, 4) is 5.69 Å².